The summed E-state index contributed by atoms with van der Waals surface area (Å²) in [6.45, 7) is 7.65. The molecule has 0 aromatic rings. The smallest absolute Gasteiger partial charge is 0.311 e. The molecule has 0 fully saturated rings. The lowest BCUT2D eigenvalue weighted by molar-refractivity contribution is -0.519. The molecule has 0 amide bonds. The molecule has 0 aliphatic heterocycles. The van der Waals surface area contributed by atoms with Gasteiger partial charge < -0.3 is 4.74 Å². The van der Waals surface area contributed by atoms with Crippen LogP contribution in [0.2, 0.25) is 0 Å². The van der Waals surface area contributed by atoms with Crippen LogP contribution in [0.15, 0.2) is 0 Å². The summed E-state index contributed by atoms with van der Waals surface area (Å²) in [6, 6.07) is -0.614. The Morgan fingerprint density at radius 2 is 2.00 bits per heavy atom. The highest BCUT2D eigenvalue weighted by Gasteiger charge is 2.31. The van der Waals surface area contributed by atoms with E-state index in [2.05, 4.69) is 6.92 Å². The summed E-state index contributed by atoms with van der Waals surface area (Å²) in [4.78, 5) is 22.0. The Bertz CT molecular complexity index is 276. The summed E-state index contributed by atoms with van der Waals surface area (Å²) in [5, 5.41) is 10.5. The normalized spacial score (nSPS) is 13.1. The first-order valence-corrected chi connectivity index (χ1v) is 6.62. The molecule has 0 aromatic carbocycles. The highest BCUT2D eigenvalue weighted by Crippen LogP contribution is 2.25. The van der Waals surface area contributed by atoms with Gasteiger partial charge in [0.15, 0.2) is 0 Å². The zero-order valence-electron chi connectivity index (χ0n) is 11.9. The minimum atomic E-state index is -0.642. The number of unbranched alkanes of at least 4 members (excludes halogenated alkanes) is 2. The van der Waals surface area contributed by atoms with Crippen molar-refractivity contribution in [3.8, 4) is 0 Å². The van der Waals surface area contributed by atoms with E-state index in [0.29, 0.717) is 19.4 Å². The summed E-state index contributed by atoms with van der Waals surface area (Å²) >= 11 is 0. The van der Waals surface area contributed by atoms with Gasteiger partial charge in [0.05, 0.1) is 12.0 Å². The van der Waals surface area contributed by atoms with E-state index in [4.69, 9.17) is 4.74 Å². The van der Waals surface area contributed by atoms with Gasteiger partial charge >= 0.3 is 5.97 Å². The van der Waals surface area contributed by atoms with Crippen molar-refractivity contribution in [1.82, 2.24) is 0 Å². The highest BCUT2D eigenvalue weighted by atomic mass is 16.6. The number of hydrogen-bond donors (Lipinski definition) is 0. The van der Waals surface area contributed by atoms with Crippen LogP contribution in [0.1, 0.15) is 59.8 Å². The average molecular weight is 259 g/mol. The second kappa shape index (κ2) is 8.06. The molecule has 0 saturated heterocycles. The molecule has 0 rings (SSSR count). The van der Waals surface area contributed by atoms with Gasteiger partial charge in [0.1, 0.15) is 0 Å². The minimum absolute atomic E-state index is 0.255. The molecular weight excluding hydrogens is 234 g/mol. The zero-order valence-corrected chi connectivity index (χ0v) is 11.9. The summed E-state index contributed by atoms with van der Waals surface area (Å²) in [7, 11) is 0. The predicted octanol–water partition coefficient (Wildman–Crippen LogP) is 3.19. The molecule has 1 atom stereocenters. The van der Waals surface area contributed by atoms with Gasteiger partial charge in [0.25, 0.3) is 0 Å². The van der Waals surface area contributed by atoms with Gasteiger partial charge in [-0.15, -0.1) is 0 Å². The van der Waals surface area contributed by atoms with Crippen molar-refractivity contribution in [2.24, 2.45) is 5.41 Å². The lowest BCUT2D eigenvalue weighted by Crippen LogP contribution is -2.29. The number of carbonyl (C=O) groups excluding carboxylic acids is 1. The van der Waals surface area contributed by atoms with Crippen LogP contribution in [-0.2, 0) is 9.53 Å². The van der Waals surface area contributed by atoms with E-state index in [-0.39, 0.29) is 10.9 Å². The fourth-order valence-corrected chi connectivity index (χ4v) is 1.49. The van der Waals surface area contributed by atoms with Crippen molar-refractivity contribution in [3.05, 3.63) is 10.1 Å². The van der Waals surface area contributed by atoms with Crippen molar-refractivity contribution < 1.29 is 14.5 Å². The molecule has 5 nitrogen and oxygen atoms in total. The van der Waals surface area contributed by atoms with Gasteiger partial charge in [-0.3, -0.25) is 14.9 Å². The van der Waals surface area contributed by atoms with Gasteiger partial charge in [-0.25, -0.2) is 0 Å². The van der Waals surface area contributed by atoms with Crippen molar-refractivity contribution in [3.63, 3.8) is 0 Å². The summed E-state index contributed by atoms with van der Waals surface area (Å²) in [5.41, 5.74) is -0.642. The topological polar surface area (TPSA) is 69.4 Å². The summed E-state index contributed by atoms with van der Waals surface area (Å²) in [6.07, 6.45) is 3.88. The number of esters is 1. The van der Waals surface area contributed by atoms with Gasteiger partial charge in [0, 0.05) is 18.3 Å². The van der Waals surface area contributed by atoms with Crippen LogP contribution in [-0.4, -0.2) is 23.5 Å². The van der Waals surface area contributed by atoms with E-state index >= 15 is 0 Å². The molecule has 0 unspecified atom stereocenters. The Kier molecular flexibility index (Phi) is 7.55. The second-order valence-corrected chi connectivity index (χ2v) is 5.40. The van der Waals surface area contributed by atoms with Crippen molar-refractivity contribution >= 4 is 5.97 Å². The number of nitrogens with zero attached hydrogens (tertiary/aromatic N) is 1. The van der Waals surface area contributed by atoms with E-state index in [9.17, 15) is 14.9 Å². The molecule has 0 bridgehead atoms. The van der Waals surface area contributed by atoms with Gasteiger partial charge in [-0.05, 0) is 26.7 Å². The fraction of sp³-hybridized carbons (Fsp3) is 0.923. The molecule has 0 aromatic heterocycles. The van der Waals surface area contributed by atoms with Crippen molar-refractivity contribution in [2.75, 3.05) is 6.61 Å². The van der Waals surface area contributed by atoms with Gasteiger partial charge in [-0.2, -0.15) is 0 Å². The molecule has 18 heavy (non-hydrogen) atoms. The zero-order chi connectivity index (χ0) is 14.2. The third kappa shape index (κ3) is 6.57. The number of carbonyl (C=O) groups is 1. The SMILES string of the molecule is CCCCCOC(=O)C(C)(C)CC[C@@H](C)[N+](=O)[O-]. The first-order valence-electron chi connectivity index (χ1n) is 6.62. The molecule has 0 heterocycles. The molecule has 0 saturated carbocycles. The summed E-state index contributed by atoms with van der Waals surface area (Å²) < 4.78 is 5.19. The lowest BCUT2D eigenvalue weighted by Gasteiger charge is -2.22. The van der Waals surface area contributed by atoms with Gasteiger partial charge in [0.2, 0.25) is 6.04 Å². The molecule has 0 N–H and O–H groups in total. The minimum Gasteiger partial charge on any atom is -0.465 e. The van der Waals surface area contributed by atoms with E-state index in [1.54, 1.807) is 20.8 Å². The molecule has 0 spiro atoms. The maximum absolute atomic E-state index is 11.8. The maximum Gasteiger partial charge on any atom is 0.311 e. The number of nitro groups is 1. The number of rotatable bonds is 9. The second-order valence-electron chi connectivity index (χ2n) is 5.40. The Labute approximate surface area is 109 Å². The molecule has 0 radical (unpaired) electrons. The Morgan fingerprint density at radius 1 is 1.39 bits per heavy atom. The molecule has 0 aliphatic rings. The van der Waals surface area contributed by atoms with E-state index < -0.39 is 11.5 Å². The molecule has 106 valence electrons. The predicted molar refractivity (Wildman–Crippen MR) is 70.0 cm³/mol. The van der Waals surface area contributed by atoms with Crippen LogP contribution < -0.4 is 0 Å². The Morgan fingerprint density at radius 3 is 2.50 bits per heavy atom. The summed E-state index contributed by atoms with van der Waals surface area (Å²) in [5.74, 6) is -0.255. The van der Waals surface area contributed by atoms with E-state index in [1.807, 2.05) is 0 Å². The van der Waals surface area contributed by atoms with Crippen LogP contribution >= 0.6 is 0 Å². The number of ether oxygens (including phenoxy) is 1. The van der Waals surface area contributed by atoms with E-state index in [1.165, 1.54) is 0 Å². The van der Waals surface area contributed by atoms with Crippen molar-refractivity contribution in [2.45, 2.75) is 65.8 Å². The molecular formula is C13H25NO4. The third-order valence-corrected chi connectivity index (χ3v) is 3.08. The van der Waals surface area contributed by atoms with Gasteiger partial charge in [-0.1, -0.05) is 19.8 Å². The highest BCUT2D eigenvalue weighted by molar-refractivity contribution is 5.75. The van der Waals surface area contributed by atoms with Crippen LogP contribution in [0, 0.1) is 15.5 Å². The fourth-order valence-electron chi connectivity index (χ4n) is 1.49. The molecule has 5 heteroatoms. The standard InChI is InChI=1S/C13H25NO4/c1-5-6-7-10-18-12(15)13(3,4)9-8-11(2)14(16)17/h11H,5-10H2,1-4H3/t11-/m1/s1. The number of hydrogen-bond acceptors (Lipinski definition) is 4. The quantitative estimate of drug-likeness (QED) is 0.276. The van der Waals surface area contributed by atoms with Crippen molar-refractivity contribution in [1.29, 1.82) is 0 Å². The van der Waals surface area contributed by atoms with E-state index in [0.717, 1.165) is 19.3 Å². The molecule has 0 aliphatic carbocycles. The van der Waals surface area contributed by atoms with Crippen LogP contribution in [0.4, 0.5) is 0 Å². The van der Waals surface area contributed by atoms with Crippen LogP contribution in [0.3, 0.4) is 0 Å². The van der Waals surface area contributed by atoms with Crippen LogP contribution in [0.5, 0.6) is 0 Å². The maximum atomic E-state index is 11.8. The van der Waals surface area contributed by atoms with Crippen LogP contribution in [0.25, 0.3) is 0 Å². The Balaban J connectivity index is 4.02. The monoisotopic (exact) mass is 259 g/mol. The average Bonchev–Trinajstić information content (AvgIpc) is 2.31. The lowest BCUT2D eigenvalue weighted by atomic mass is 9.86. The largest absolute Gasteiger partial charge is 0.465 e. The third-order valence-electron chi connectivity index (χ3n) is 3.08. The first-order chi connectivity index (χ1) is 8.31. The Hall–Kier alpha value is -1.13. The first kappa shape index (κ1) is 16.9.